The minimum Gasteiger partial charge on any atom is -0.507 e. The number of rotatable bonds is 3. The number of hydrogen-bond donors (Lipinski definition) is 3. The lowest BCUT2D eigenvalue weighted by atomic mass is 9.92. The Hall–Kier alpha value is -2.93. The predicted octanol–water partition coefficient (Wildman–Crippen LogP) is 1.79. The van der Waals surface area contributed by atoms with E-state index in [4.69, 9.17) is 14.2 Å². The van der Waals surface area contributed by atoms with Crippen LogP contribution in [0.25, 0.3) is 0 Å². The van der Waals surface area contributed by atoms with Crippen molar-refractivity contribution >= 4 is 5.78 Å². The SMILES string of the molecule is COc1cc(O)c2c(c1)O[C@H](c1cccc(O)c1OC)[C@@H](O)C2=O. The zero-order valence-electron chi connectivity index (χ0n) is 13.0. The van der Waals surface area contributed by atoms with Crippen LogP contribution in [0.1, 0.15) is 22.0 Å². The third-order valence-electron chi connectivity index (χ3n) is 3.88. The summed E-state index contributed by atoms with van der Waals surface area (Å²) < 4.78 is 15.9. The first kappa shape index (κ1) is 15.9. The largest absolute Gasteiger partial charge is 0.507 e. The second-order valence-corrected chi connectivity index (χ2v) is 5.27. The average Bonchev–Trinajstić information content (AvgIpc) is 2.57. The molecule has 7 heteroatoms. The molecule has 126 valence electrons. The summed E-state index contributed by atoms with van der Waals surface area (Å²) in [6.07, 6.45) is -2.66. The number of benzene rings is 2. The second kappa shape index (κ2) is 5.93. The molecule has 0 aliphatic carbocycles. The summed E-state index contributed by atoms with van der Waals surface area (Å²) >= 11 is 0. The predicted molar refractivity (Wildman–Crippen MR) is 83.0 cm³/mol. The smallest absolute Gasteiger partial charge is 0.202 e. The van der Waals surface area contributed by atoms with Gasteiger partial charge in [0.05, 0.1) is 14.2 Å². The Kier molecular flexibility index (Phi) is 3.94. The van der Waals surface area contributed by atoms with E-state index in [0.717, 1.165) is 0 Å². The molecule has 0 radical (unpaired) electrons. The molecule has 2 aromatic carbocycles. The van der Waals surface area contributed by atoms with Gasteiger partial charge in [0.25, 0.3) is 0 Å². The first-order valence-electron chi connectivity index (χ1n) is 7.13. The maximum Gasteiger partial charge on any atom is 0.202 e. The Morgan fingerprint density at radius 2 is 1.83 bits per heavy atom. The fourth-order valence-electron chi connectivity index (χ4n) is 2.74. The number of ether oxygens (including phenoxy) is 3. The number of aliphatic hydroxyl groups is 1. The number of aliphatic hydroxyl groups excluding tert-OH is 1. The molecule has 0 saturated carbocycles. The van der Waals surface area contributed by atoms with Crippen molar-refractivity contribution < 1.29 is 34.3 Å². The molecular formula is C17H16O7. The number of carbonyl (C=O) groups excluding carboxylic acids is 1. The van der Waals surface area contributed by atoms with Crippen molar-refractivity contribution in [3.8, 4) is 28.7 Å². The summed E-state index contributed by atoms with van der Waals surface area (Å²) in [6, 6.07) is 7.25. The molecule has 3 N–H and O–H groups in total. The molecule has 0 saturated heterocycles. The van der Waals surface area contributed by atoms with Crippen LogP contribution >= 0.6 is 0 Å². The van der Waals surface area contributed by atoms with E-state index in [1.54, 1.807) is 12.1 Å². The Labute approximate surface area is 137 Å². The highest BCUT2D eigenvalue weighted by Gasteiger charge is 2.40. The topological polar surface area (TPSA) is 105 Å². The molecule has 1 aliphatic heterocycles. The molecule has 3 rings (SSSR count). The van der Waals surface area contributed by atoms with Gasteiger partial charge in [0.1, 0.15) is 22.8 Å². The van der Waals surface area contributed by atoms with Crippen molar-refractivity contribution in [1.82, 2.24) is 0 Å². The van der Waals surface area contributed by atoms with Crippen molar-refractivity contribution in [2.75, 3.05) is 14.2 Å². The molecule has 1 aliphatic rings. The van der Waals surface area contributed by atoms with Crippen molar-refractivity contribution in [3.05, 3.63) is 41.5 Å². The van der Waals surface area contributed by atoms with Crippen LogP contribution in [0.5, 0.6) is 28.7 Å². The van der Waals surface area contributed by atoms with E-state index in [9.17, 15) is 20.1 Å². The minimum absolute atomic E-state index is 0.0811. The summed E-state index contributed by atoms with van der Waals surface area (Å²) in [6.45, 7) is 0. The molecule has 2 aromatic rings. The maximum atomic E-state index is 12.5. The van der Waals surface area contributed by atoms with Gasteiger partial charge in [0, 0.05) is 17.7 Å². The Morgan fingerprint density at radius 3 is 2.50 bits per heavy atom. The van der Waals surface area contributed by atoms with E-state index in [1.165, 1.54) is 32.4 Å². The number of hydrogen-bond acceptors (Lipinski definition) is 7. The summed E-state index contributed by atoms with van der Waals surface area (Å²) in [7, 11) is 2.77. The van der Waals surface area contributed by atoms with Crippen molar-refractivity contribution in [3.63, 3.8) is 0 Å². The van der Waals surface area contributed by atoms with Crippen LogP contribution in [0.15, 0.2) is 30.3 Å². The highest BCUT2D eigenvalue weighted by atomic mass is 16.5. The van der Waals surface area contributed by atoms with Gasteiger partial charge in [0.15, 0.2) is 23.7 Å². The van der Waals surface area contributed by atoms with E-state index in [2.05, 4.69) is 0 Å². The molecule has 1 heterocycles. The molecule has 2 atom stereocenters. The zero-order chi connectivity index (χ0) is 17.4. The number of para-hydroxylation sites is 1. The van der Waals surface area contributed by atoms with Crippen molar-refractivity contribution in [2.45, 2.75) is 12.2 Å². The summed E-state index contributed by atoms with van der Waals surface area (Å²) in [4.78, 5) is 12.5. The van der Waals surface area contributed by atoms with Crippen molar-refractivity contribution in [1.29, 1.82) is 0 Å². The van der Waals surface area contributed by atoms with E-state index in [1.807, 2.05) is 0 Å². The molecule has 0 unspecified atom stereocenters. The number of ketones is 1. The molecule has 0 spiro atoms. The quantitative estimate of drug-likeness (QED) is 0.787. The number of Topliss-reactive ketones (excluding diaryl/α,β-unsaturated/α-hetero) is 1. The highest BCUT2D eigenvalue weighted by molar-refractivity contribution is 6.05. The lowest BCUT2D eigenvalue weighted by Crippen LogP contribution is -2.36. The lowest BCUT2D eigenvalue weighted by molar-refractivity contribution is 0.0201. The van der Waals surface area contributed by atoms with Crippen LogP contribution in [0.2, 0.25) is 0 Å². The van der Waals surface area contributed by atoms with Crippen LogP contribution in [-0.4, -0.2) is 41.4 Å². The normalized spacial score (nSPS) is 19.4. The monoisotopic (exact) mass is 332 g/mol. The van der Waals surface area contributed by atoms with Gasteiger partial charge in [0.2, 0.25) is 5.78 Å². The summed E-state index contributed by atoms with van der Waals surface area (Å²) in [5.41, 5.74) is 0.199. The summed E-state index contributed by atoms with van der Waals surface area (Å²) in [5, 5.41) is 30.2. The number of fused-ring (bicyclic) bond motifs is 1. The minimum atomic E-state index is -1.56. The average molecular weight is 332 g/mol. The third kappa shape index (κ3) is 2.39. The zero-order valence-corrected chi connectivity index (χ0v) is 13.0. The summed E-state index contributed by atoms with van der Waals surface area (Å²) in [5.74, 6) is -0.682. The third-order valence-corrected chi connectivity index (χ3v) is 3.88. The van der Waals surface area contributed by atoms with Gasteiger partial charge >= 0.3 is 0 Å². The standard InChI is InChI=1S/C17H16O7/c1-22-8-6-11(19)13-12(7-8)24-17(15(21)14(13)20)9-4-3-5-10(18)16(9)23-2/h3-7,15,17-19,21H,1-2H3/t15-,17+/m0/s1. The molecule has 0 amide bonds. The van der Waals surface area contributed by atoms with Crippen LogP contribution in [0.4, 0.5) is 0 Å². The molecular weight excluding hydrogens is 316 g/mol. The van der Waals surface area contributed by atoms with Gasteiger partial charge in [-0.3, -0.25) is 4.79 Å². The number of methoxy groups -OCH3 is 2. The van der Waals surface area contributed by atoms with Crippen LogP contribution < -0.4 is 14.2 Å². The van der Waals surface area contributed by atoms with Crippen LogP contribution in [-0.2, 0) is 0 Å². The van der Waals surface area contributed by atoms with Crippen molar-refractivity contribution in [2.24, 2.45) is 0 Å². The molecule has 0 bridgehead atoms. The number of carbonyl (C=O) groups is 1. The molecule has 0 fully saturated rings. The van der Waals surface area contributed by atoms with E-state index in [-0.39, 0.29) is 28.6 Å². The van der Waals surface area contributed by atoms with Gasteiger partial charge in [-0.25, -0.2) is 0 Å². The molecule has 24 heavy (non-hydrogen) atoms. The van der Waals surface area contributed by atoms with Gasteiger partial charge in [-0.05, 0) is 6.07 Å². The van der Waals surface area contributed by atoms with E-state index >= 15 is 0 Å². The van der Waals surface area contributed by atoms with Gasteiger partial charge in [-0.1, -0.05) is 12.1 Å². The Balaban J connectivity index is 2.12. The highest BCUT2D eigenvalue weighted by Crippen LogP contribution is 2.45. The lowest BCUT2D eigenvalue weighted by Gasteiger charge is -2.31. The van der Waals surface area contributed by atoms with Crippen LogP contribution in [0.3, 0.4) is 0 Å². The molecule has 0 aromatic heterocycles. The second-order valence-electron chi connectivity index (χ2n) is 5.27. The fourth-order valence-corrected chi connectivity index (χ4v) is 2.74. The number of phenolic OH excluding ortho intramolecular Hbond substituents is 2. The van der Waals surface area contributed by atoms with Gasteiger partial charge < -0.3 is 29.5 Å². The number of phenols is 2. The van der Waals surface area contributed by atoms with E-state index < -0.39 is 18.0 Å². The first-order chi connectivity index (χ1) is 11.5. The maximum absolute atomic E-state index is 12.5. The van der Waals surface area contributed by atoms with Crippen LogP contribution in [0, 0.1) is 0 Å². The number of aromatic hydroxyl groups is 2. The van der Waals surface area contributed by atoms with Gasteiger partial charge in [-0.15, -0.1) is 0 Å². The fraction of sp³-hybridized carbons (Fsp3) is 0.235. The Bertz CT molecular complexity index is 800. The van der Waals surface area contributed by atoms with Gasteiger partial charge in [-0.2, -0.15) is 0 Å². The molecule has 7 nitrogen and oxygen atoms in total. The Morgan fingerprint density at radius 1 is 1.08 bits per heavy atom. The first-order valence-corrected chi connectivity index (χ1v) is 7.13. The van der Waals surface area contributed by atoms with E-state index in [0.29, 0.717) is 11.3 Å².